The SMILES string of the molecule is CN(c1ccccc1)c1nc(Cl)nc2sc3c(c12)CCC3. The zero-order chi connectivity index (χ0) is 14.4. The predicted molar refractivity (Wildman–Crippen MR) is 89.0 cm³/mol. The maximum Gasteiger partial charge on any atom is 0.225 e. The van der Waals surface area contributed by atoms with Crippen molar-refractivity contribution in [1.82, 2.24) is 9.97 Å². The Hall–Kier alpha value is -1.65. The fourth-order valence-corrected chi connectivity index (χ4v) is 4.44. The molecule has 1 aliphatic rings. The van der Waals surface area contributed by atoms with Gasteiger partial charge >= 0.3 is 0 Å². The first kappa shape index (κ1) is 13.0. The van der Waals surface area contributed by atoms with E-state index >= 15 is 0 Å². The van der Waals surface area contributed by atoms with Gasteiger partial charge in [0.15, 0.2) is 0 Å². The molecule has 2 heterocycles. The summed E-state index contributed by atoms with van der Waals surface area (Å²) in [7, 11) is 2.03. The lowest BCUT2D eigenvalue weighted by molar-refractivity contribution is 0.916. The van der Waals surface area contributed by atoms with E-state index in [1.54, 1.807) is 11.3 Å². The van der Waals surface area contributed by atoms with E-state index < -0.39 is 0 Å². The van der Waals surface area contributed by atoms with Gasteiger partial charge in [-0.2, -0.15) is 4.98 Å². The molecular weight excluding hydrogens is 302 g/mol. The second-order valence-electron chi connectivity index (χ2n) is 5.25. The van der Waals surface area contributed by atoms with Gasteiger partial charge in [0.1, 0.15) is 10.6 Å². The summed E-state index contributed by atoms with van der Waals surface area (Å²) >= 11 is 7.90. The summed E-state index contributed by atoms with van der Waals surface area (Å²) in [4.78, 5) is 13.5. The Morgan fingerprint density at radius 1 is 1.14 bits per heavy atom. The molecule has 5 heteroatoms. The summed E-state index contributed by atoms with van der Waals surface area (Å²) < 4.78 is 0. The molecule has 0 atom stereocenters. The molecule has 3 aromatic rings. The van der Waals surface area contributed by atoms with Gasteiger partial charge in [0, 0.05) is 17.6 Å². The average Bonchev–Trinajstić information content (AvgIpc) is 3.06. The minimum atomic E-state index is 0.320. The van der Waals surface area contributed by atoms with E-state index in [0.717, 1.165) is 29.2 Å². The van der Waals surface area contributed by atoms with Crippen molar-refractivity contribution in [1.29, 1.82) is 0 Å². The van der Waals surface area contributed by atoms with E-state index in [1.807, 2.05) is 25.2 Å². The Morgan fingerprint density at radius 3 is 2.76 bits per heavy atom. The molecule has 0 N–H and O–H groups in total. The highest BCUT2D eigenvalue weighted by atomic mass is 35.5. The van der Waals surface area contributed by atoms with Gasteiger partial charge in [-0.3, -0.25) is 0 Å². The molecule has 0 unspecified atom stereocenters. The van der Waals surface area contributed by atoms with Gasteiger partial charge in [-0.15, -0.1) is 11.3 Å². The molecule has 0 fully saturated rings. The Bertz CT molecular complexity index is 813. The van der Waals surface area contributed by atoms with E-state index in [-0.39, 0.29) is 0 Å². The number of thiophene rings is 1. The topological polar surface area (TPSA) is 29.0 Å². The number of para-hydroxylation sites is 1. The lowest BCUT2D eigenvalue weighted by Crippen LogP contribution is -2.12. The van der Waals surface area contributed by atoms with Crippen LogP contribution in [0.15, 0.2) is 30.3 Å². The molecule has 106 valence electrons. The van der Waals surface area contributed by atoms with Crippen molar-refractivity contribution in [2.75, 3.05) is 11.9 Å². The number of hydrogen-bond acceptors (Lipinski definition) is 4. The quantitative estimate of drug-likeness (QED) is 0.647. The second kappa shape index (κ2) is 4.97. The summed E-state index contributed by atoms with van der Waals surface area (Å²) in [5, 5.41) is 1.50. The van der Waals surface area contributed by atoms with E-state index in [0.29, 0.717) is 5.28 Å². The first-order valence-corrected chi connectivity index (χ1v) is 8.20. The molecule has 21 heavy (non-hydrogen) atoms. The maximum atomic E-state index is 6.14. The van der Waals surface area contributed by atoms with Gasteiger partial charge in [0.2, 0.25) is 5.28 Å². The molecule has 3 nitrogen and oxygen atoms in total. The molecule has 0 radical (unpaired) electrons. The fraction of sp³-hybridized carbons (Fsp3) is 0.250. The molecule has 4 rings (SSSR count). The van der Waals surface area contributed by atoms with Crippen LogP contribution in [0.3, 0.4) is 0 Å². The van der Waals surface area contributed by atoms with Crippen LogP contribution < -0.4 is 4.90 Å². The summed E-state index contributed by atoms with van der Waals surface area (Å²) in [6.07, 6.45) is 3.51. The van der Waals surface area contributed by atoms with Crippen LogP contribution in [0.2, 0.25) is 5.28 Å². The van der Waals surface area contributed by atoms with Gasteiger partial charge in [-0.05, 0) is 48.6 Å². The zero-order valence-corrected chi connectivity index (χ0v) is 13.2. The number of aromatic nitrogens is 2. The summed E-state index contributed by atoms with van der Waals surface area (Å²) in [5.74, 6) is 0.913. The number of aryl methyl sites for hydroxylation is 2. The predicted octanol–water partition coefficient (Wildman–Crippen LogP) is 4.60. The Kier molecular flexibility index (Phi) is 3.08. The van der Waals surface area contributed by atoms with Crippen LogP contribution in [0.25, 0.3) is 10.2 Å². The number of rotatable bonds is 2. The monoisotopic (exact) mass is 315 g/mol. The standard InChI is InChI=1S/C16H14ClN3S/c1-20(10-6-3-2-4-7-10)14-13-11-8-5-9-12(11)21-15(13)19-16(17)18-14/h2-4,6-7H,5,8-9H2,1H3. The summed E-state index contributed by atoms with van der Waals surface area (Å²) in [5.41, 5.74) is 2.52. The molecule has 0 bridgehead atoms. The van der Waals surface area contributed by atoms with Crippen molar-refractivity contribution in [2.24, 2.45) is 0 Å². The highest BCUT2D eigenvalue weighted by Crippen LogP contribution is 2.42. The number of hydrogen-bond donors (Lipinski definition) is 0. The zero-order valence-electron chi connectivity index (χ0n) is 11.6. The van der Waals surface area contributed by atoms with Crippen LogP contribution in [0, 0.1) is 0 Å². The third kappa shape index (κ3) is 2.10. The van der Waals surface area contributed by atoms with E-state index in [4.69, 9.17) is 11.6 Å². The molecule has 2 aromatic heterocycles. The van der Waals surface area contributed by atoms with Gasteiger partial charge in [0.05, 0.1) is 5.39 Å². The van der Waals surface area contributed by atoms with Crippen LogP contribution in [-0.4, -0.2) is 17.0 Å². The van der Waals surface area contributed by atoms with Crippen molar-refractivity contribution >= 4 is 44.7 Å². The van der Waals surface area contributed by atoms with Crippen molar-refractivity contribution in [3.05, 3.63) is 46.1 Å². The van der Waals surface area contributed by atoms with Gasteiger partial charge < -0.3 is 4.90 Å². The number of nitrogens with zero attached hydrogens (tertiary/aromatic N) is 3. The average molecular weight is 316 g/mol. The number of benzene rings is 1. The van der Waals surface area contributed by atoms with Crippen molar-refractivity contribution in [2.45, 2.75) is 19.3 Å². The highest BCUT2D eigenvalue weighted by molar-refractivity contribution is 7.19. The van der Waals surface area contributed by atoms with Gasteiger partial charge in [0.25, 0.3) is 0 Å². The van der Waals surface area contributed by atoms with Crippen LogP contribution >= 0.6 is 22.9 Å². The van der Waals surface area contributed by atoms with E-state index in [1.165, 1.54) is 22.2 Å². The van der Waals surface area contributed by atoms with Gasteiger partial charge in [-0.25, -0.2) is 4.98 Å². The third-order valence-corrected chi connectivity index (χ3v) is 5.33. The fourth-order valence-electron chi connectivity index (χ4n) is 2.97. The first-order chi connectivity index (χ1) is 10.2. The molecule has 1 aromatic carbocycles. The Labute approximate surface area is 132 Å². The molecule has 1 aliphatic carbocycles. The Morgan fingerprint density at radius 2 is 1.95 bits per heavy atom. The number of halogens is 1. The third-order valence-electron chi connectivity index (χ3n) is 3.98. The largest absolute Gasteiger partial charge is 0.329 e. The summed E-state index contributed by atoms with van der Waals surface area (Å²) in [6, 6.07) is 10.2. The van der Waals surface area contributed by atoms with Crippen LogP contribution in [0.5, 0.6) is 0 Å². The summed E-state index contributed by atoms with van der Waals surface area (Å²) in [6.45, 7) is 0. The Balaban J connectivity index is 1.95. The van der Waals surface area contributed by atoms with Crippen molar-refractivity contribution in [3.8, 4) is 0 Å². The van der Waals surface area contributed by atoms with Crippen LogP contribution in [-0.2, 0) is 12.8 Å². The number of anilines is 2. The van der Waals surface area contributed by atoms with Crippen molar-refractivity contribution in [3.63, 3.8) is 0 Å². The lowest BCUT2D eigenvalue weighted by Gasteiger charge is -2.19. The maximum absolute atomic E-state index is 6.14. The lowest BCUT2D eigenvalue weighted by atomic mass is 10.1. The normalized spacial score (nSPS) is 13.6. The molecular formula is C16H14ClN3S. The highest BCUT2D eigenvalue weighted by Gasteiger charge is 2.23. The first-order valence-electron chi connectivity index (χ1n) is 7.00. The van der Waals surface area contributed by atoms with Crippen molar-refractivity contribution < 1.29 is 0 Å². The molecule has 0 spiro atoms. The second-order valence-corrected chi connectivity index (χ2v) is 6.67. The van der Waals surface area contributed by atoms with E-state index in [9.17, 15) is 0 Å². The van der Waals surface area contributed by atoms with Crippen LogP contribution in [0.1, 0.15) is 16.9 Å². The minimum Gasteiger partial charge on any atom is -0.329 e. The van der Waals surface area contributed by atoms with E-state index in [2.05, 4.69) is 27.0 Å². The van der Waals surface area contributed by atoms with Gasteiger partial charge in [-0.1, -0.05) is 18.2 Å². The molecule has 0 amide bonds. The number of fused-ring (bicyclic) bond motifs is 3. The smallest absolute Gasteiger partial charge is 0.225 e. The molecule has 0 aliphatic heterocycles. The van der Waals surface area contributed by atoms with Crippen LogP contribution in [0.4, 0.5) is 11.5 Å². The minimum absolute atomic E-state index is 0.320. The molecule has 0 saturated carbocycles. The molecule has 0 saturated heterocycles.